The van der Waals surface area contributed by atoms with E-state index in [-0.39, 0.29) is 11.6 Å². The Morgan fingerprint density at radius 2 is 2.08 bits per heavy atom. The third kappa shape index (κ3) is 2.85. The number of hydrogen-bond donors (Lipinski definition) is 1. The van der Waals surface area contributed by atoms with Crippen LogP contribution in [0.1, 0.15) is 26.5 Å². The first-order valence-electron chi connectivity index (χ1n) is 8.19. The summed E-state index contributed by atoms with van der Waals surface area (Å²) >= 11 is 0. The number of esters is 1. The van der Waals surface area contributed by atoms with E-state index in [0.717, 1.165) is 16.8 Å². The van der Waals surface area contributed by atoms with Crippen molar-refractivity contribution in [3.63, 3.8) is 0 Å². The van der Waals surface area contributed by atoms with Gasteiger partial charge in [0.1, 0.15) is 0 Å². The predicted octanol–water partition coefficient (Wildman–Crippen LogP) is 1.72. The second-order valence-corrected chi connectivity index (χ2v) is 6.03. The molecule has 0 saturated carbocycles. The third-order valence-corrected chi connectivity index (χ3v) is 4.42. The van der Waals surface area contributed by atoms with Gasteiger partial charge in [-0.2, -0.15) is 10.2 Å². The molecule has 0 spiro atoms. The standard InChI is InChI=1S/C18H17N5O3/c1-26-18(25)16-8-15-11-22(5-6-23(15)21-16)17(24)13-4-2-3-12(7-13)14-9-19-20-10-14/h2-4,7-10H,5-6,11H2,1H3,(H,19,20). The highest BCUT2D eigenvalue weighted by Gasteiger charge is 2.25. The molecule has 3 heterocycles. The van der Waals surface area contributed by atoms with Crippen LogP contribution in [0.2, 0.25) is 0 Å². The summed E-state index contributed by atoms with van der Waals surface area (Å²) in [7, 11) is 1.32. The Hall–Kier alpha value is -3.42. The van der Waals surface area contributed by atoms with Gasteiger partial charge in [-0.3, -0.25) is 14.6 Å². The van der Waals surface area contributed by atoms with Crippen LogP contribution in [-0.2, 0) is 17.8 Å². The molecule has 0 bridgehead atoms. The normalized spacial score (nSPS) is 13.3. The summed E-state index contributed by atoms with van der Waals surface area (Å²) in [5.41, 5.74) is 3.55. The molecule has 8 nitrogen and oxygen atoms in total. The molecule has 1 aromatic carbocycles. The lowest BCUT2D eigenvalue weighted by Crippen LogP contribution is -2.38. The van der Waals surface area contributed by atoms with E-state index in [1.807, 2.05) is 18.2 Å². The number of ether oxygens (including phenoxy) is 1. The zero-order valence-electron chi connectivity index (χ0n) is 14.2. The van der Waals surface area contributed by atoms with Crippen molar-refractivity contribution < 1.29 is 14.3 Å². The van der Waals surface area contributed by atoms with Crippen LogP contribution in [0.3, 0.4) is 0 Å². The number of nitrogens with zero attached hydrogens (tertiary/aromatic N) is 4. The van der Waals surface area contributed by atoms with E-state index in [1.54, 1.807) is 34.1 Å². The van der Waals surface area contributed by atoms with Crippen LogP contribution in [-0.4, -0.2) is 50.4 Å². The molecule has 0 radical (unpaired) electrons. The smallest absolute Gasteiger partial charge is 0.358 e. The second-order valence-electron chi connectivity index (χ2n) is 6.03. The van der Waals surface area contributed by atoms with Gasteiger partial charge in [0.15, 0.2) is 5.69 Å². The number of aromatic amines is 1. The summed E-state index contributed by atoms with van der Waals surface area (Å²) in [6.45, 7) is 1.47. The first kappa shape index (κ1) is 16.1. The summed E-state index contributed by atoms with van der Waals surface area (Å²) in [6, 6.07) is 9.14. The summed E-state index contributed by atoms with van der Waals surface area (Å²) in [6.07, 6.45) is 3.51. The van der Waals surface area contributed by atoms with E-state index in [0.29, 0.717) is 25.2 Å². The van der Waals surface area contributed by atoms with Crippen LogP contribution in [0.25, 0.3) is 11.1 Å². The molecule has 8 heteroatoms. The molecule has 2 aromatic heterocycles. The average molecular weight is 351 g/mol. The minimum Gasteiger partial charge on any atom is -0.464 e. The van der Waals surface area contributed by atoms with Gasteiger partial charge in [0, 0.05) is 23.9 Å². The Balaban J connectivity index is 1.55. The number of benzene rings is 1. The third-order valence-electron chi connectivity index (χ3n) is 4.42. The lowest BCUT2D eigenvalue weighted by Gasteiger charge is -2.27. The Labute approximate surface area is 149 Å². The summed E-state index contributed by atoms with van der Waals surface area (Å²) < 4.78 is 6.45. The van der Waals surface area contributed by atoms with Gasteiger partial charge in [-0.15, -0.1) is 0 Å². The van der Waals surface area contributed by atoms with Crippen LogP contribution in [0.5, 0.6) is 0 Å². The van der Waals surface area contributed by atoms with E-state index < -0.39 is 5.97 Å². The van der Waals surface area contributed by atoms with Crippen molar-refractivity contribution in [2.45, 2.75) is 13.1 Å². The molecule has 0 atom stereocenters. The van der Waals surface area contributed by atoms with Gasteiger partial charge in [0.25, 0.3) is 5.91 Å². The number of fused-ring (bicyclic) bond motifs is 1. The second kappa shape index (κ2) is 6.47. The van der Waals surface area contributed by atoms with Gasteiger partial charge in [0.05, 0.1) is 32.1 Å². The largest absolute Gasteiger partial charge is 0.464 e. The molecule has 132 valence electrons. The van der Waals surface area contributed by atoms with Gasteiger partial charge >= 0.3 is 5.97 Å². The topological polar surface area (TPSA) is 93.1 Å². The van der Waals surface area contributed by atoms with Crippen molar-refractivity contribution in [1.82, 2.24) is 24.9 Å². The molecule has 1 N–H and O–H groups in total. The van der Waals surface area contributed by atoms with E-state index in [9.17, 15) is 9.59 Å². The molecular weight excluding hydrogens is 334 g/mol. The summed E-state index contributed by atoms with van der Waals surface area (Å²) in [5, 5.41) is 10.9. The zero-order valence-corrected chi connectivity index (χ0v) is 14.2. The van der Waals surface area contributed by atoms with E-state index in [1.165, 1.54) is 7.11 Å². The molecule has 26 heavy (non-hydrogen) atoms. The number of hydrogen-bond acceptors (Lipinski definition) is 5. The van der Waals surface area contributed by atoms with Crippen molar-refractivity contribution >= 4 is 11.9 Å². The van der Waals surface area contributed by atoms with E-state index in [4.69, 9.17) is 4.74 Å². The molecule has 3 aromatic rings. The van der Waals surface area contributed by atoms with Crippen LogP contribution < -0.4 is 0 Å². The fourth-order valence-corrected chi connectivity index (χ4v) is 3.07. The number of rotatable bonds is 3. The lowest BCUT2D eigenvalue weighted by molar-refractivity contribution is 0.0591. The molecule has 1 aliphatic heterocycles. The summed E-state index contributed by atoms with van der Waals surface area (Å²) in [5.74, 6) is -0.528. The number of aromatic nitrogens is 4. The Morgan fingerprint density at radius 3 is 2.85 bits per heavy atom. The maximum atomic E-state index is 12.9. The van der Waals surface area contributed by atoms with Crippen molar-refractivity contribution in [3.05, 3.63) is 59.7 Å². The molecule has 0 saturated heterocycles. The Kier molecular flexibility index (Phi) is 4.00. The number of methoxy groups -OCH3 is 1. The van der Waals surface area contributed by atoms with Crippen LogP contribution in [0.4, 0.5) is 0 Å². The minimum atomic E-state index is -0.474. The van der Waals surface area contributed by atoms with Crippen molar-refractivity contribution in [1.29, 1.82) is 0 Å². The molecule has 0 unspecified atom stereocenters. The predicted molar refractivity (Wildman–Crippen MR) is 92.3 cm³/mol. The zero-order chi connectivity index (χ0) is 18.1. The molecule has 1 aliphatic rings. The van der Waals surface area contributed by atoms with Crippen molar-refractivity contribution in [2.75, 3.05) is 13.7 Å². The van der Waals surface area contributed by atoms with E-state index in [2.05, 4.69) is 15.3 Å². The van der Waals surface area contributed by atoms with Gasteiger partial charge < -0.3 is 9.64 Å². The van der Waals surface area contributed by atoms with Gasteiger partial charge in [0.2, 0.25) is 0 Å². The molecule has 4 rings (SSSR count). The number of carbonyl (C=O) groups is 2. The molecule has 0 aliphatic carbocycles. The SMILES string of the molecule is COC(=O)c1cc2n(n1)CCN(C(=O)c1cccc(-c3cn[nH]c3)c1)C2. The Bertz CT molecular complexity index is 961. The minimum absolute atomic E-state index is 0.0533. The lowest BCUT2D eigenvalue weighted by atomic mass is 10.1. The number of H-pyrrole nitrogens is 1. The highest BCUT2D eigenvalue weighted by Crippen LogP contribution is 2.21. The highest BCUT2D eigenvalue weighted by molar-refractivity contribution is 5.95. The Morgan fingerprint density at radius 1 is 1.19 bits per heavy atom. The van der Waals surface area contributed by atoms with Crippen LogP contribution in [0, 0.1) is 0 Å². The molecule has 0 fully saturated rings. The number of amides is 1. The maximum absolute atomic E-state index is 12.9. The first-order valence-corrected chi connectivity index (χ1v) is 8.19. The number of nitrogens with one attached hydrogen (secondary N) is 1. The first-order chi connectivity index (χ1) is 12.7. The van der Waals surface area contributed by atoms with Crippen molar-refractivity contribution in [3.8, 4) is 11.1 Å². The quantitative estimate of drug-likeness (QED) is 0.725. The molecular formula is C18H17N5O3. The molecule has 1 amide bonds. The van der Waals surface area contributed by atoms with Crippen LogP contribution in [0.15, 0.2) is 42.7 Å². The van der Waals surface area contributed by atoms with Crippen LogP contribution >= 0.6 is 0 Å². The monoisotopic (exact) mass is 351 g/mol. The van der Waals surface area contributed by atoms with Gasteiger partial charge in [-0.05, 0) is 23.8 Å². The van der Waals surface area contributed by atoms with E-state index >= 15 is 0 Å². The maximum Gasteiger partial charge on any atom is 0.358 e. The number of carbonyl (C=O) groups excluding carboxylic acids is 2. The van der Waals surface area contributed by atoms with Gasteiger partial charge in [-0.25, -0.2) is 4.79 Å². The highest BCUT2D eigenvalue weighted by atomic mass is 16.5. The fourth-order valence-electron chi connectivity index (χ4n) is 3.07. The summed E-state index contributed by atoms with van der Waals surface area (Å²) in [4.78, 5) is 26.3. The fraction of sp³-hybridized carbons (Fsp3) is 0.222. The average Bonchev–Trinajstić information content (AvgIpc) is 3.36. The van der Waals surface area contributed by atoms with Crippen molar-refractivity contribution in [2.24, 2.45) is 0 Å². The van der Waals surface area contributed by atoms with Gasteiger partial charge in [-0.1, -0.05) is 12.1 Å².